The van der Waals surface area contributed by atoms with Crippen LogP contribution in [0, 0.1) is 0 Å². The molecule has 1 aliphatic heterocycles. The van der Waals surface area contributed by atoms with E-state index in [9.17, 15) is 0 Å². The van der Waals surface area contributed by atoms with Crippen molar-refractivity contribution >= 4 is 18.1 Å². The molecule has 100 valence electrons. The fourth-order valence-electron chi connectivity index (χ4n) is 3.00. The van der Waals surface area contributed by atoms with Gasteiger partial charge in [-0.15, -0.1) is 12.4 Å². The third kappa shape index (κ3) is 2.50. The van der Waals surface area contributed by atoms with Crippen molar-refractivity contribution in [1.29, 1.82) is 0 Å². The van der Waals surface area contributed by atoms with E-state index in [1.54, 1.807) is 0 Å². The highest BCUT2D eigenvalue weighted by Crippen LogP contribution is 2.39. The highest BCUT2D eigenvalue weighted by Gasteiger charge is 2.34. The standard InChI is InChI=1S/C15H22N2.ClH/c16-15(9-4-10-15)13-5-7-14(8-6-13)17-11-2-1-3-12-17;/h5-8H,1-4,9-12,16H2;1H. The molecule has 0 amide bonds. The summed E-state index contributed by atoms with van der Waals surface area (Å²) in [5.74, 6) is 0. The van der Waals surface area contributed by atoms with Gasteiger partial charge in [0.1, 0.15) is 0 Å². The van der Waals surface area contributed by atoms with Gasteiger partial charge in [0.2, 0.25) is 0 Å². The van der Waals surface area contributed by atoms with Crippen molar-refractivity contribution in [1.82, 2.24) is 0 Å². The van der Waals surface area contributed by atoms with Crippen LogP contribution in [0.3, 0.4) is 0 Å². The first-order chi connectivity index (χ1) is 8.28. The molecule has 1 saturated heterocycles. The van der Waals surface area contributed by atoms with Crippen LogP contribution in [0.2, 0.25) is 0 Å². The molecule has 2 aliphatic rings. The molecule has 3 rings (SSSR count). The molecule has 2 N–H and O–H groups in total. The highest BCUT2D eigenvalue weighted by molar-refractivity contribution is 5.85. The van der Waals surface area contributed by atoms with Crippen LogP contribution in [0.5, 0.6) is 0 Å². The fraction of sp³-hybridized carbons (Fsp3) is 0.600. The predicted molar refractivity (Wildman–Crippen MR) is 79.5 cm³/mol. The van der Waals surface area contributed by atoms with E-state index in [-0.39, 0.29) is 17.9 Å². The number of hydrogen-bond donors (Lipinski definition) is 1. The molecular formula is C15H23ClN2. The molecule has 18 heavy (non-hydrogen) atoms. The Balaban J connectivity index is 0.00000120. The summed E-state index contributed by atoms with van der Waals surface area (Å²) in [6.45, 7) is 2.43. The predicted octanol–water partition coefficient (Wildman–Crippen LogP) is 3.44. The molecule has 0 unspecified atom stereocenters. The van der Waals surface area contributed by atoms with Crippen LogP contribution >= 0.6 is 12.4 Å². The number of rotatable bonds is 2. The second-order valence-electron chi connectivity index (χ2n) is 5.60. The van der Waals surface area contributed by atoms with Crippen LogP contribution in [0.4, 0.5) is 5.69 Å². The Morgan fingerprint density at radius 3 is 2.00 bits per heavy atom. The first-order valence-corrected chi connectivity index (χ1v) is 6.92. The van der Waals surface area contributed by atoms with Gasteiger partial charge in [0.05, 0.1) is 0 Å². The zero-order valence-corrected chi connectivity index (χ0v) is 11.7. The first kappa shape index (κ1) is 13.7. The summed E-state index contributed by atoms with van der Waals surface area (Å²) < 4.78 is 0. The van der Waals surface area contributed by atoms with Gasteiger partial charge in [0.25, 0.3) is 0 Å². The molecule has 0 radical (unpaired) electrons. The molecule has 1 aliphatic carbocycles. The number of halogens is 1. The Hall–Kier alpha value is -0.730. The van der Waals surface area contributed by atoms with Crippen molar-refractivity contribution < 1.29 is 0 Å². The summed E-state index contributed by atoms with van der Waals surface area (Å²) in [6, 6.07) is 8.99. The summed E-state index contributed by atoms with van der Waals surface area (Å²) in [6.07, 6.45) is 7.64. The van der Waals surface area contributed by atoms with Crippen LogP contribution in [-0.4, -0.2) is 13.1 Å². The zero-order chi connectivity index (χ0) is 11.7. The molecule has 1 saturated carbocycles. The number of nitrogens with zero attached hydrogens (tertiary/aromatic N) is 1. The maximum Gasteiger partial charge on any atom is 0.0409 e. The molecule has 0 spiro atoms. The van der Waals surface area contributed by atoms with Gasteiger partial charge in [-0.3, -0.25) is 0 Å². The summed E-state index contributed by atoms with van der Waals surface area (Å²) in [7, 11) is 0. The van der Waals surface area contributed by atoms with Gasteiger partial charge < -0.3 is 10.6 Å². The monoisotopic (exact) mass is 266 g/mol. The highest BCUT2D eigenvalue weighted by atomic mass is 35.5. The Morgan fingerprint density at radius 2 is 1.50 bits per heavy atom. The molecule has 0 aromatic heterocycles. The molecule has 1 heterocycles. The number of anilines is 1. The summed E-state index contributed by atoms with van der Waals surface area (Å²) in [4.78, 5) is 2.50. The van der Waals surface area contributed by atoms with E-state index >= 15 is 0 Å². The average molecular weight is 267 g/mol. The van der Waals surface area contributed by atoms with Crippen LogP contribution in [0.1, 0.15) is 44.1 Å². The number of hydrogen-bond acceptors (Lipinski definition) is 2. The van der Waals surface area contributed by atoms with E-state index in [0.29, 0.717) is 0 Å². The van der Waals surface area contributed by atoms with Crippen LogP contribution in [0.25, 0.3) is 0 Å². The maximum atomic E-state index is 6.34. The quantitative estimate of drug-likeness (QED) is 0.889. The van der Waals surface area contributed by atoms with Crippen molar-refractivity contribution in [2.75, 3.05) is 18.0 Å². The fourth-order valence-corrected chi connectivity index (χ4v) is 3.00. The lowest BCUT2D eigenvalue weighted by molar-refractivity contribution is 0.253. The second kappa shape index (κ2) is 5.50. The Labute approximate surface area is 116 Å². The minimum Gasteiger partial charge on any atom is -0.372 e. The topological polar surface area (TPSA) is 29.3 Å². The van der Waals surface area contributed by atoms with Gasteiger partial charge in [0.15, 0.2) is 0 Å². The molecule has 0 bridgehead atoms. The minimum absolute atomic E-state index is 0. The van der Waals surface area contributed by atoms with Crippen molar-refractivity contribution in [2.24, 2.45) is 5.73 Å². The van der Waals surface area contributed by atoms with Gasteiger partial charge in [-0.25, -0.2) is 0 Å². The lowest BCUT2D eigenvalue weighted by Crippen LogP contribution is -2.43. The summed E-state index contributed by atoms with van der Waals surface area (Å²) in [5.41, 5.74) is 9.02. The summed E-state index contributed by atoms with van der Waals surface area (Å²) >= 11 is 0. The van der Waals surface area contributed by atoms with E-state index in [1.165, 1.54) is 50.0 Å². The van der Waals surface area contributed by atoms with Crippen LogP contribution in [0.15, 0.2) is 24.3 Å². The molecule has 2 nitrogen and oxygen atoms in total. The first-order valence-electron chi connectivity index (χ1n) is 6.92. The van der Waals surface area contributed by atoms with Crippen molar-refractivity contribution in [3.63, 3.8) is 0 Å². The summed E-state index contributed by atoms with van der Waals surface area (Å²) in [5, 5.41) is 0. The second-order valence-corrected chi connectivity index (χ2v) is 5.60. The largest absolute Gasteiger partial charge is 0.372 e. The van der Waals surface area contributed by atoms with Gasteiger partial charge in [-0.2, -0.15) is 0 Å². The molecule has 3 heteroatoms. The van der Waals surface area contributed by atoms with E-state index in [2.05, 4.69) is 29.2 Å². The van der Waals surface area contributed by atoms with Gasteiger partial charge in [-0.1, -0.05) is 12.1 Å². The molecule has 2 fully saturated rings. The number of benzene rings is 1. The van der Waals surface area contributed by atoms with Gasteiger partial charge >= 0.3 is 0 Å². The van der Waals surface area contributed by atoms with E-state index in [4.69, 9.17) is 5.73 Å². The Morgan fingerprint density at radius 1 is 0.889 bits per heavy atom. The third-order valence-corrected chi connectivity index (χ3v) is 4.41. The SMILES string of the molecule is Cl.NC1(c2ccc(N3CCCCC3)cc2)CCC1. The number of piperidine rings is 1. The van der Waals surface area contributed by atoms with E-state index in [0.717, 1.165) is 12.8 Å². The molecular weight excluding hydrogens is 244 g/mol. The molecule has 0 atom stereocenters. The molecule has 1 aromatic carbocycles. The molecule has 1 aromatic rings. The van der Waals surface area contributed by atoms with Gasteiger partial charge in [-0.05, 0) is 56.2 Å². The van der Waals surface area contributed by atoms with E-state index < -0.39 is 0 Å². The van der Waals surface area contributed by atoms with Crippen LogP contribution in [-0.2, 0) is 5.54 Å². The van der Waals surface area contributed by atoms with Crippen molar-refractivity contribution in [3.8, 4) is 0 Å². The lowest BCUT2D eigenvalue weighted by atomic mass is 9.73. The Kier molecular flexibility index (Phi) is 4.18. The van der Waals surface area contributed by atoms with Crippen molar-refractivity contribution in [2.45, 2.75) is 44.1 Å². The zero-order valence-electron chi connectivity index (χ0n) is 10.9. The number of nitrogens with two attached hydrogens (primary N) is 1. The Bertz CT molecular complexity index is 378. The van der Waals surface area contributed by atoms with Crippen molar-refractivity contribution in [3.05, 3.63) is 29.8 Å². The van der Waals surface area contributed by atoms with Crippen LogP contribution < -0.4 is 10.6 Å². The van der Waals surface area contributed by atoms with E-state index in [1.807, 2.05) is 0 Å². The van der Waals surface area contributed by atoms with Gasteiger partial charge in [0, 0.05) is 24.3 Å². The third-order valence-electron chi connectivity index (χ3n) is 4.41. The minimum atomic E-state index is -0.0135. The smallest absolute Gasteiger partial charge is 0.0409 e. The maximum absolute atomic E-state index is 6.34. The lowest BCUT2D eigenvalue weighted by Gasteiger charge is -2.39. The average Bonchev–Trinajstić information content (AvgIpc) is 2.37. The normalized spacial score (nSPS) is 21.9.